The smallest absolute Gasteiger partial charge is 0.241 e. The van der Waals surface area contributed by atoms with Gasteiger partial charge in [0.15, 0.2) is 0 Å². The van der Waals surface area contributed by atoms with Crippen molar-refractivity contribution in [2.75, 3.05) is 18.5 Å². The number of amides is 1. The van der Waals surface area contributed by atoms with Gasteiger partial charge in [-0.2, -0.15) is 0 Å². The Morgan fingerprint density at radius 2 is 2.25 bits per heavy atom. The number of carbonyl (C=O) groups excluding carboxylic acids is 1. The summed E-state index contributed by atoms with van der Waals surface area (Å²) in [5.74, 6) is 0.912. The SMILES string of the molecule is CCOc1ccc(NC(=O)C2CCCCCN2)c(C)c1. The number of nitrogens with one attached hydrogen (secondary N) is 2. The van der Waals surface area contributed by atoms with E-state index >= 15 is 0 Å². The zero-order chi connectivity index (χ0) is 14.4. The van der Waals surface area contributed by atoms with E-state index in [4.69, 9.17) is 4.74 Å². The second-order valence-electron chi connectivity index (χ2n) is 5.26. The highest BCUT2D eigenvalue weighted by Gasteiger charge is 2.19. The Bertz CT molecular complexity index is 452. The van der Waals surface area contributed by atoms with E-state index in [1.165, 1.54) is 6.42 Å². The Morgan fingerprint density at radius 1 is 1.40 bits per heavy atom. The second kappa shape index (κ2) is 7.29. The summed E-state index contributed by atoms with van der Waals surface area (Å²) in [5, 5.41) is 6.34. The fourth-order valence-electron chi connectivity index (χ4n) is 2.51. The third-order valence-corrected chi connectivity index (χ3v) is 3.64. The Balaban J connectivity index is 1.99. The van der Waals surface area contributed by atoms with Gasteiger partial charge in [0.05, 0.1) is 12.6 Å². The Kier molecular flexibility index (Phi) is 5.41. The molecule has 1 fully saturated rings. The monoisotopic (exact) mass is 276 g/mol. The van der Waals surface area contributed by atoms with Crippen molar-refractivity contribution in [3.05, 3.63) is 23.8 Å². The minimum absolute atomic E-state index is 0.0662. The molecule has 0 radical (unpaired) electrons. The molecule has 1 atom stereocenters. The standard InChI is InChI=1S/C16H24N2O2/c1-3-20-13-8-9-14(12(2)11-13)18-16(19)15-7-5-4-6-10-17-15/h8-9,11,15,17H,3-7,10H2,1-2H3,(H,18,19). The van der Waals surface area contributed by atoms with Crippen LogP contribution in [0.25, 0.3) is 0 Å². The van der Waals surface area contributed by atoms with Crippen LogP contribution in [-0.4, -0.2) is 25.1 Å². The summed E-state index contributed by atoms with van der Waals surface area (Å²) >= 11 is 0. The molecule has 20 heavy (non-hydrogen) atoms. The molecule has 4 heteroatoms. The number of carbonyl (C=O) groups is 1. The highest BCUT2D eigenvalue weighted by atomic mass is 16.5. The maximum absolute atomic E-state index is 12.3. The van der Waals surface area contributed by atoms with Gasteiger partial charge in [0.1, 0.15) is 5.75 Å². The predicted molar refractivity (Wildman–Crippen MR) is 81.2 cm³/mol. The number of aryl methyl sites for hydroxylation is 1. The van der Waals surface area contributed by atoms with Crippen LogP contribution >= 0.6 is 0 Å². The quantitative estimate of drug-likeness (QED) is 0.889. The van der Waals surface area contributed by atoms with Gasteiger partial charge >= 0.3 is 0 Å². The van der Waals surface area contributed by atoms with Gasteiger partial charge in [-0.05, 0) is 57.0 Å². The maximum atomic E-state index is 12.3. The van der Waals surface area contributed by atoms with Gasteiger partial charge in [-0.15, -0.1) is 0 Å². The lowest BCUT2D eigenvalue weighted by atomic mass is 10.1. The molecule has 110 valence electrons. The first-order valence-electron chi connectivity index (χ1n) is 7.48. The number of anilines is 1. The van der Waals surface area contributed by atoms with Crippen LogP contribution in [0.4, 0.5) is 5.69 Å². The lowest BCUT2D eigenvalue weighted by Crippen LogP contribution is -2.39. The summed E-state index contributed by atoms with van der Waals surface area (Å²) in [4.78, 5) is 12.3. The third kappa shape index (κ3) is 3.97. The molecule has 1 aliphatic heterocycles. The minimum atomic E-state index is -0.0662. The maximum Gasteiger partial charge on any atom is 0.241 e. The normalized spacial score (nSPS) is 19.2. The Morgan fingerprint density at radius 3 is 3.00 bits per heavy atom. The van der Waals surface area contributed by atoms with Crippen LogP contribution in [0.15, 0.2) is 18.2 Å². The van der Waals surface area contributed by atoms with E-state index in [1.807, 2.05) is 32.0 Å². The molecular weight excluding hydrogens is 252 g/mol. The molecule has 0 aliphatic carbocycles. The number of hydrogen-bond donors (Lipinski definition) is 2. The van der Waals surface area contributed by atoms with Crippen molar-refractivity contribution >= 4 is 11.6 Å². The van der Waals surface area contributed by atoms with Crippen molar-refractivity contribution < 1.29 is 9.53 Å². The highest BCUT2D eigenvalue weighted by Crippen LogP contribution is 2.22. The van der Waals surface area contributed by atoms with Gasteiger partial charge < -0.3 is 15.4 Å². The molecule has 2 N–H and O–H groups in total. The minimum Gasteiger partial charge on any atom is -0.494 e. The number of hydrogen-bond acceptors (Lipinski definition) is 3. The molecule has 0 bridgehead atoms. The Labute approximate surface area is 120 Å². The van der Waals surface area contributed by atoms with Crippen LogP contribution in [0.1, 0.15) is 38.2 Å². The average molecular weight is 276 g/mol. The molecule has 1 aliphatic rings. The van der Waals surface area contributed by atoms with Crippen LogP contribution in [0.5, 0.6) is 5.75 Å². The first-order chi connectivity index (χ1) is 9.70. The van der Waals surface area contributed by atoms with Crippen molar-refractivity contribution in [2.24, 2.45) is 0 Å². The first kappa shape index (κ1) is 14.9. The predicted octanol–water partition coefficient (Wildman–Crippen LogP) is 2.86. The van der Waals surface area contributed by atoms with Gasteiger partial charge in [0.2, 0.25) is 5.91 Å². The van der Waals surface area contributed by atoms with E-state index in [-0.39, 0.29) is 11.9 Å². The van der Waals surface area contributed by atoms with Crippen molar-refractivity contribution in [3.63, 3.8) is 0 Å². The fraction of sp³-hybridized carbons (Fsp3) is 0.562. The third-order valence-electron chi connectivity index (χ3n) is 3.64. The lowest BCUT2D eigenvalue weighted by molar-refractivity contribution is -0.118. The van der Waals surface area contributed by atoms with Gasteiger partial charge in [-0.25, -0.2) is 0 Å². The summed E-state index contributed by atoms with van der Waals surface area (Å²) in [6.07, 6.45) is 4.40. The van der Waals surface area contributed by atoms with Crippen LogP contribution in [-0.2, 0) is 4.79 Å². The topological polar surface area (TPSA) is 50.4 Å². The summed E-state index contributed by atoms with van der Waals surface area (Å²) in [5.41, 5.74) is 1.89. The summed E-state index contributed by atoms with van der Waals surface area (Å²) < 4.78 is 5.45. The molecule has 0 spiro atoms. The van der Waals surface area contributed by atoms with Gasteiger partial charge in [0, 0.05) is 5.69 Å². The molecular formula is C16H24N2O2. The molecule has 4 nitrogen and oxygen atoms in total. The molecule has 1 aromatic carbocycles. The van der Waals surface area contributed by atoms with Crippen molar-refractivity contribution in [3.8, 4) is 5.75 Å². The molecule has 1 aromatic rings. The summed E-state index contributed by atoms with van der Waals surface area (Å²) in [6, 6.07) is 5.70. The summed E-state index contributed by atoms with van der Waals surface area (Å²) in [7, 11) is 0. The van der Waals surface area contributed by atoms with Crippen LogP contribution in [0.3, 0.4) is 0 Å². The van der Waals surface area contributed by atoms with Crippen LogP contribution in [0, 0.1) is 6.92 Å². The molecule has 1 saturated heterocycles. The lowest BCUT2D eigenvalue weighted by Gasteiger charge is -2.17. The van der Waals surface area contributed by atoms with E-state index in [1.54, 1.807) is 0 Å². The van der Waals surface area contributed by atoms with E-state index in [0.717, 1.165) is 42.8 Å². The fourth-order valence-corrected chi connectivity index (χ4v) is 2.51. The second-order valence-corrected chi connectivity index (χ2v) is 5.26. The van der Waals surface area contributed by atoms with Gasteiger partial charge in [-0.1, -0.05) is 12.8 Å². The van der Waals surface area contributed by atoms with Crippen LogP contribution in [0.2, 0.25) is 0 Å². The Hall–Kier alpha value is -1.55. The average Bonchev–Trinajstić information content (AvgIpc) is 2.71. The zero-order valence-corrected chi connectivity index (χ0v) is 12.4. The molecule has 0 saturated carbocycles. The number of ether oxygens (including phenoxy) is 1. The number of benzene rings is 1. The summed E-state index contributed by atoms with van der Waals surface area (Å²) in [6.45, 7) is 5.53. The highest BCUT2D eigenvalue weighted by molar-refractivity contribution is 5.95. The van der Waals surface area contributed by atoms with E-state index < -0.39 is 0 Å². The van der Waals surface area contributed by atoms with Crippen molar-refractivity contribution in [1.82, 2.24) is 5.32 Å². The molecule has 1 amide bonds. The van der Waals surface area contributed by atoms with Gasteiger partial charge in [-0.3, -0.25) is 4.79 Å². The van der Waals surface area contributed by atoms with Gasteiger partial charge in [0.25, 0.3) is 0 Å². The van der Waals surface area contributed by atoms with E-state index in [2.05, 4.69) is 10.6 Å². The van der Waals surface area contributed by atoms with Crippen molar-refractivity contribution in [2.45, 2.75) is 45.6 Å². The number of rotatable bonds is 4. The van der Waals surface area contributed by atoms with E-state index in [0.29, 0.717) is 6.61 Å². The molecule has 1 unspecified atom stereocenters. The van der Waals surface area contributed by atoms with Crippen LogP contribution < -0.4 is 15.4 Å². The van der Waals surface area contributed by atoms with Crippen molar-refractivity contribution in [1.29, 1.82) is 0 Å². The van der Waals surface area contributed by atoms with E-state index in [9.17, 15) is 4.79 Å². The largest absolute Gasteiger partial charge is 0.494 e. The molecule has 2 rings (SSSR count). The zero-order valence-electron chi connectivity index (χ0n) is 12.4. The molecule has 1 heterocycles. The molecule has 0 aromatic heterocycles. The first-order valence-corrected chi connectivity index (χ1v) is 7.48.